The smallest absolute Gasteiger partial charge is 0.416 e. The number of rotatable bonds is 3. The van der Waals surface area contributed by atoms with Crippen LogP contribution >= 0.6 is 0 Å². The average molecular weight is 314 g/mol. The number of hydrogen-bond acceptors (Lipinski definition) is 2. The van der Waals surface area contributed by atoms with Crippen LogP contribution in [0.5, 0.6) is 0 Å². The number of aliphatic hydroxyl groups excluding tert-OH is 1. The molecule has 0 bridgehead atoms. The van der Waals surface area contributed by atoms with Gasteiger partial charge in [0.05, 0.1) is 5.56 Å². The minimum atomic E-state index is -4.83. The van der Waals surface area contributed by atoms with Gasteiger partial charge in [0.1, 0.15) is 5.82 Å². The highest BCUT2D eigenvalue weighted by atomic mass is 19.4. The lowest BCUT2D eigenvalue weighted by molar-refractivity contribution is -0.149. The first kappa shape index (κ1) is 16.0. The Morgan fingerprint density at radius 3 is 2.14 bits per heavy atom. The molecule has 0 heterocycles. The van der Waals surface area contributed by atoms with Crippen LogP contribution in [0.3, 0.4) is 0 Å². The van der Waals surface area contributed by atoms with Gasteiger partial charge in [0.25, 0.3) is 0 Å². The van der Waals surface area contributed by atoms with Gasteiger partial charge in [0, 0.05) is 5.56 Å². The summed E-state index contributed by atoms with van der Waals surface area (Å²) in [4.78, 5) is 10.9. The van der Waals surface area contributed by atoms with E-state index < -0.39 is 35.2 Å². The molecule has 2 aromatic carbocycles. The molecule has 0 aliphatic rings. The zero-order valence-electron chi connectivity index (χ0n) is 10.9. The molecule has 1 unspecified atom stereocenters. The fourth-order valence-corrected chi connectivity index (χ4v) is 2.11. The fraction of sp³-hybridized carbons (Fsp3) is 0.133. The van der Waals surface area contributed by atoms with Crippen LogP contribution < -0.4 is 0 Å². The van der Waals surface area contributed by atoms with Crippen molar-refractivity contribution in [2.24, 2.45) is 0 Å². The molecular weight excluding hydrogens is 304 g/mol. The molecule has 2 aromatic rings. The predicted molar refractivity (Wildman–Crippen MR) is 69.4 cm³/mol. The van der Waals surface area contributed by atoms with Crippen LogP contribution in [0, 0.1) is 5.82 Å². The van der Waals surface area contributed by atoms with E-state index in [1.54, 1.807) is 0 Å². The highest BCUT2D eigenvalue weighted by Crippen LogP contribution is 2.39. The van der Waals surface area contributed by atoms with Crippen LogP contribution in [0.1, 0.15) is 17.2 Å². The Morgan fingerprint density at radius 1 is 1.05 bits per heavy atom. The number of carboxylic acid groups (broad SMARTS) is 1. The largest absolute Gasteiger partial charge is 0.479 e. The molecular formula is C15H10F4O3. The van der Waals surface area contributed by atoms with E-state index in [4.69, 9.17) is 5.11 Å². The van der Waals surface area contributed by atoms with Crippen molar-refractivity contribution in [2.45, 2.75) is 12.3 Å². The van der Waals surface area contributed by atoms with Gasteiger partial charge in [-0.05, 0) is 29.3 Å². The van der Waals surface area contributed by atoms with Crippen LogP contribution in [0.4, 0.5) is 17.6 Å². The van der Waals surface area contributed by atoms with Gasteiger partial charge in [-0.3, -0.25) is 0 Å². The normalized spacial score (nSPS) is 13.0. The monoisotopic (exact) mass is 314 g/mol. The van der Waals surface area contributed by atoms with Crippen molar-refractivity contribution in [1.29, 1.82) is 0 Å². The quantitative estimate of drug-likeness (QED) is 0.851. The molecule has 2 rings (SSSR count). The second-order valence-electron chi connectivity index (χ2n) is 4.51. The van der Waals surface area contributed by atoms with Crippen LogP contribution in [0.2, 0.25) is 0 Å². The van der Waals surface area contributed by atoms with E-state index >= 15 is 0 Å². The first-order valence-corrected chi connectivity index (χ1v) is 6.08. The van der Waals surface area contributed by atoms with E-state index in [9.17, 15) is 27.5 Å². The van der Waals surface area contributed by atoms with Crippen molar-refractivity contribution >= 4 is 5.97 Å². The van der Waals surface area contributed by atoms with E-state index in [0.717, 1.165) is 18.2 Å². The Bertz CT molecular complexity index is 693. The van der Waals surface area contributed by atoms with Crippen molar-refractivity contribution in [3.8, 4) is 11.1 Å². The van der Waals surface area contributed by atoms with E-state index in [-0.39, 0.29) is 11.1 Å². The maximum Gasteiger partial charge on any atom is 0.416 e. The van der Waals surface area contributed by atoms with Crippen molar-refractivity contribution in [3.63, 3.8) is 0 Å². The van der Waals surface area contributed by atoms with E-state index in [2.05, 4.69) is 0 Å². The van der Waals surface area contributed by atoms with Gasteiger partial charge in [-0.25, -0.2) is 9.18 Å². The van der Waals surface area contributed by atoms with Crippen LogP contribution in [-0.4, -0.2) is 16.2 Å². The van der Waals surface area contributed by atoms with Crippen LogP contribution in [0.15, 0.2) is 42.5 Å². The molecule has 0 amide bonds. The number of aliphatic carboxylic acids is 1. The zero-order valence-corrected chi connectivity index (χ0v) is 10.9. The lowest BCUT2D eigenvalue weighted by Gasteiger charge is -2.19. The number of alkyl halides is 3. The molecule has 0 aliphatic heterocycles. The Balaban J connectivity index is 2.73. The molecule has 3 nitrogen and oxygen atoms in total. The SMILES string of the molecule is O=C(O)C(O)c1c(-c2ccc(F)cc2)cccc1C(F)(F)F. The van der Waals surface area contributed by atoms with Crippen LogP contribution in [-0.2, 0) is 11.0 Å². The lowest BCUT2D eigenvalue weighted by Crippen LogP contribution is -2.18. The molecule has 22 heavy (non-hydrogen) atoms. The predicted octanol–water partition coefficient (Wildman–Crippen LogP) is 3.63. The molecule has 116 valence electrons. The third-order valence-corrected chi connectivity index (χ3v) is 3.07. The standard InChI is InChI=1S/C15H10F4O3/c16-9-6-4-8(5-7-9)10-2-1-3-11(15(17,18)19)12(10)13(20)14(21)22/h1-7,13,20H,(H,21,22). The number of hydrogen-bond donors (Lipinski definition) is 2. The number of aliphatic hydroxyl groups is 1. The van der Waals surface area contributed by atoms with Crippen molar-refractivity contribution in [3.05, 3.63) is 59.4 Å². The molecule has 2 N–H and O–H groups in total. The molecule has 0 spiro atoms. The molecule has 0 aliphatic carbocycles. The zero-order chi connectivity index (χ0) is 16.5. The summed E-state index contributed by atoms with van der Waals surface area (Å²) in [6.45, 7) is 0. The number of benzene rings is 2. The summed E-state index contributed by atoms with van der Waals surface area (Å²) < 4.78 is 52.1. The molecule has 0 aromatic heterocycles. The molecule has 1 atom stereocenters. The Hall–Kier alpha value is -2.41. The third-order valence-electron chi connectivity index (χ3n) is 3.07. The van der Waals surface area contributed by atoms with Crippen molar-refractivity contribution in [1.82, 2.24) is 0 Å². The average Bonchev–Trinajstić information content (AvgIpc) is 2.45. The fourth-order valence-electron chi connectivity index (χ4n) is 2.11. The first-order valence-electron chi connectivity index (χ1n) is 6.08. The minimum Gasteiger partial charge on any atom is -0.479 e. The molecule has 0 saturated heterocycles. The Labute approximate surface area is 122 Å². The van der Waals surface area contributed by atoms with Gasteiger partial charge in [0.2, 0.25) is 0 Å². The van der Waals surface area contributed by atoms with Gasteiger partial charge in [-0.15, -0.1) is 0 Å². The number of carboxylic acids is 1. The summed E-state index contributed by atoms with van der Waals surface area (Å²) >= 11 is 0. The molecule has 0 fully saturated rings. The summed E-state index contributed by atoms with van der Waals surface area (Å²) in [5.41, 5.74) is -1.97. The van der Waals surface area contributed by atoms with Gasteiger partial charge in [0.15, 0.2) is 6.10 Å². The highest BCUT2D eigenvalue weighted by molar-refractivity contribution is 5.80. The second kappa shape index (κ2) is 5.76. The van der Waals surface area contributed by atoms with E-state index in [1.807, 2.05) is 0 Å². The Morgan fingerprint density at radius 2 is 1.64 bits per heavy atom. The molecule has 7 heteroatoms. The number of carbonyl (C=O) groups is 1. The van der Waals surface area contributed by atoms with Gasteiger partial charge in [-0.2, -0.15) is 13.2 Å². The van der Waals surface area contributed by atoms with Gasteiger partial charge < -0.3 is 10.2 Å². The maximum absolute atomic E-state index is 13.1. The summed E-state index contributed by atoms with van der Waals surface area (Å²) in [6, 6.07) is 7.52. The van der Waals surface area contributed by atoms with Gasteiger partial charge >= 0.3 is 12.1 Å². The first-order chi connectivity index (χ1) is 10.2. The summed E-state index contributed by atoms with van der Waals surface area (Å²) in [5, 5.41) is 18.5. The summed E-state index contributed by atoms with van der Waals surface area (Å²) in [7, 11) is 0. The topological polar surface area (TPSA) is 57.5 Å². The third kappa shape index (κ3) is 3.09. The maximum atomic E-state index is 13.1. The number of halogens is 4. The van der Waals surface area contributed by atoms with Crippen molar-refractivity contribution in [2.75, 3.05) is 0 Å². The highest BCUT2D eigenvalue weighted by Gasteiger charge is 2.38. The van der Waals surface area contributed by atoms with Crippen molar-refractivity contribution < 1.29 is 32.6 Å². The van der Waals surface area contributed by atoms with E-state index in [1.165, 1.54) is 18.2 Å². The molecule has 0 saturated carbocycles. The summed E-state index contributed by atoms with van der Waals surface area (Å²) in [5.74, 6) is -2.39. The minimum absolute atomic E-state index is 0.121. The summed E-state index contributed by atoms with van der Waals surface area (Å²) in [6.07, 6.45) is -7.18. The lowest BCUT2D eigenvalue weighted by atomic mass is 9.91. The second-order valence-corrected chi connectivity index (χ2v) is 4.51. The van der Waals surface area contributed by atoms with Crippen LogP contribution in [0.25, 0.3) is 11.1 Å². The van der Waals surface area contributed by atoms with Gasteiger partial charge in [-0.1, -0.05) is 24.3 Å². The Kier molecular flexibility index (Phi) is 4.18. The molecule has 0 radical (unpaired) electrons. The van der Waals surface area contributed by atoms with E-state index in [0.29, 0.717) is 6.07 Å².